The number of hydrogen-bond donors (Lipinski definition) is 0. The highest BCUT2D eigenvalue weighted by molar-refractivity contribution is 7.99. The number of rotatable bonds is 9. The number of ether oxygens (including phenoxy) is 1. The van der Waals surface area contributed by atoms with Crippen LogP contribution in [0.1, 0.15) is 36.0 Å². The minimum atomic E-state index is 0.196. The van der Waals surface area contributed by atoms with E-state index < -0.39 is 0 Å². The summed E-state index contributed by atoms with van der Waals surface area (Å²) in [4.78, 5) is 13.4. The van der Waals surface area contributed by atoms with Gasteiger partial charge in [0.05, 0.1) is 17.5 Å². The van der Waals surface area contributed by atoms with E-state index >= 15 is 0 Å². The van der Waals surface area contributed by atoms with Crippen LogP contribution in [0.5, 0.6) is 0 Å². The van der Waals surface area contributed by atoms with E-state index in [0.29, 0.717) is 6.42 Å². The van der Waals surface area contributed by atoms with Crippen LogP contribution in [0.15, 0.2) is 53.0 Å². The number of Topliss-reactive ketones (excluding diaryl/α,β-unsaturated/α-hetero) is 1. The van der Waals surface area contributed by atoms with Crippen molar-refractivity contribution in [3.05, 3.63) is 53.4 Å². The van der Waals surface area contributed by atoms with E-state index in [1.165, 1.54) is 0 Å². The fourth-order valence-electron chi connectivity index (χ4n) is 3.30. The van der Waals surface area contributed by atoms with Gasteiger partial charge in [0.2, 0.25) is 0 Å². The summed E-state index contributed by atoms with van der Waals surface area (Å²) in [7, 11) is 0. The quantitative estimate of drug-likeness (QED) is 0.282. The summed E-state index contributed by atoms with van der Waals surface area (Å²) in [5.74, 6) is 1.95. The molecule has 146 valence electrons. The first-order valence-corrected chi connectivity index (χ1v) is 11.5. The van der Waals surface area contributed by atoms with Crippen molar-refractivity contribution in [1.29, 1.82) is 0 Å². The third-order valence-corrected chi connectivity index (χ3v) is 6.66. The van der Waals surface area contributed by atoms with Crippen molar-refractivity contribution < 1.29 is 9.53 Å². The van der Waals surface area contributed by atoms with Crippen LogP contribution in [0.25, 0.3) is 10.7 Å². The van der Waals surface area contributed by atoms with Crippen molar-refractivity contribution in [3.8, 4) is 10.7 Å². The Hall–Kier alpha value is -1.96. The van der Waals surface area contributed by atoms with Gasteiger partial charge in [-0.2, -0.15) is 0 Å². The van der Waals surface area contributed by atoms with Crippen LogP contribution in [0.4, 0.5) is 0 Å². The van der Waals surface area contributed by atoms with Gasteiger partial charge in [0.25, 0.3) is 0 Å². The highest BCUT2D eigenvalue weighted by Gasteiger charge is 2.22. The van der Waals surface area contributed by atoms with E-state index in [-0.39, 0.29) is 11.9 Å². The van der Waals surface area contributed by atoms with Crippen LogP contribution < -0.4 is 0 Å². The summed E-state index contributed by atoms with van der Waals surface area (Å²) >= 11 is 3.35. The molecule has 5 nitrogen and oxygen atoms in total. The topological polar surface area (TPSA) is 57.0 Å². The molecule has 0 saturated carbocycles. The van der Waals surface area contributed by atoms with Crippen LogP contribution in [0.3, 0.4) is 0 Å². The second-order valence-electron chi connectivity index (χ2n) is 6.77. The Bertz CT molecular complexity index is 888. The molecule has 28 heavy (non-hydrogen) atoms. The Morgan fingerprint density at radius 2 is 2.11 bits per heavy atom. The average molecular weight is 414 g/mol. The van der Waals surface area contributed by atoms with E-state index in [4.69, 9.17) is 4.74 Å². The van der Waals surface area contributed by atoms with Gasteiger partial charge in [-0.05, 0) is 30.7 Å². The van der Waals surface area contributed by atoms with Gasteiger partial charge in [-0.15, -0.1) is 21.5 Å². The molecule has 7 heteroatoms. The molecule has 4 rings (SSSR count). The molecule has 0 N–H and O–H groups in total. The van der Waals surface area contributed by atoms with Gasteiger partial charge < -0.3 is 4.74 Å². The number of ketones is 1. The zero-order valence-electron chi connectivity index (χ0n) is 15.6. The molecule has 3 aromatic rings. The van der Waals surface area contributed by atoms with Gasteiger partial charge in [-0.3, -0.25) is 9.36 Å². The molecule has 0 unspecified atom stereocenters. The lowest BCUT2D eigenvalue weighted by Crippen LogP contribution is -2.16. The zero-order valence-corrected chi connectivity index (χ0v) is 17.3. The Morgan fingerprint density at radius 1 is 1.21 bits per heavy atom. The normalized spacial score (nSPS) is 16.5. The number of aromatic nitrogens is 3. The summed E-state index contributed by atoms with van der Waals surface area (Å²) < 4.78 is 8.02. The number of benzene rings is 1. The van der Waals surface area contributed by atoms with Gasteiger partial charge in [0.15, 0.2) is 16.8 Å². The lowest BCUT2D eigenvalue weighted by atomic mass is 10.1. The molecular weight excluding hydrogens is 390 g/mol. The zero-order chi connectivity index (χ0) is 19.2. The number of carbonyl (C=O) groups is 1. The summed E-state index contributed by atoms with van der Waals surface area (Å²) in [6, 6.07) is 13.6. The van der Waals surface area contributed by atoms with Crippen molar-refractivity contribution >= 4 is 28.9 Å². The van der Waals surface area contributed by atoms with Gasteiger partial charge in [0.1, 0.15) is 0 Å². The molecule has 1 aliphatic heterocycles. The average Bonchev–Trinajstić information content (AvgIpc) is 3.49. The van der Waals surface area contributed by atoms with E-state index in [2.05, 4.69) is 26.2 Å². The molecule has 2 aromatic heterocycles. The number of carbonyl (C=O) groups excluding carboxylic acids is 1. The number of hydrogen-bond acceptors (Lipinski definition) is 6. The molecule has 1 atom stereocenters. The van der Waals surface area contributed by atoms with Crippen molar-refractivity contribution in [3.63, 3.8) is 0 Å². The standard InChI is InChI=1S/C21H23N3O2S2/c25-18(16-7-2-1-3-8-16)10-5-14-28-21-23-22-20(19-11-6-13-27-19)24(21)15-17-9-4-12-26-17/h1-3,6-8,11,13,17H,4-5,9-10,12,14-15H2/t17-/m0/s1. The summed E-state index contributed by atoms with van der Waals surface area (Å²) in [6.45, 7) is 1.62. The molecule has 0 bridgehead atoms. The van der Waals surface area contributed by atoms with Crippen LogP contribution in [-0.4, -0.2) is 39.0 Å². The second-order valence-corrected chi connectivity index (χ2v) is 8.78. The Kier molecular flexibility index (Phi) is 6.57. The maximum absolute atomic E-state index is 12.3. The maximum atomic E-state index is 12.3. The fourth-order valence-corrected chi connectivity index (χ4v) is 4.91. The largest absolute Gasteiger partial charge is 0.376 e. The Morgan fingerprint density at radius 3 is 2.86 bits per heavy atom. The lowest BCUT2D eigenvalue weighted by Gasteiger charge is -2.14. The predicted octanol–water partition coefficient (Wildman–Crippen LogP) is 4.94. The number of nitrogens with zero attached hydrogens (tertiary/aromatic N) is 3. The summed E-state index contributed by atoms with van der Waals surface area (Å²) in [6.07, 6.45) is 3.80. The molecule has 1 saturated heterocycles. The number of thiophene rings is 1. The molecule has 0 amide bonds. The first-order chi connectivity index (χ1) is 13.8. The fraction of sp³-hybridized carbons (Fsp3) is 0.381. The summed E-state index contributed by atoms with van der Waals surface area (Å²) in [5, 5.41) is 11.8. The molecule has 1 aromatic carbocycles. The molecule has 0 aliphatic carbocycles. The minimum Gasteiger partial charge on any atom is -0.376 e. The van der Waals surface area contributed by atoms with Crippen molar-refractivity contribution in [2.24, 2.45) is 0 Å². The highest BCUT2D eigenvalue weighted by atomic mass is 32.2. The predicted molar refractivity (Wildman–Crippen MR) is 113 cm³/mol. The smallest absolute Gasteiger partial charge is 0.191 e. The van der Waals surface area contributed by atoms with Crippen molar-refractivity contribution in [2.75, 3.05) is 12.4 Å². The van der Waals surface area contributed by atoms with Gasteiger partial charge in [0, 0.05) is 24.3 Å². The molecule has 0 spiro atoms. The summed E-state index contributed by atoms with van der Waals surface area (Å²) in [5.41, 5.74) is 0.786. The van der Waals surface area contributed by atoms with E-state index in [0.717, 1.165) is 59.6 Å². The van der Waals surface area contributed by atoms with Crippen LogP contribution in [0, 0.1) is 0 Å². The lowest BCUT2D eigenvalue weighted by molar-refractivity contribution is 0.0953. The third kappa shape index (κ3) is 4.71. The van der Waals surface area contributed by atoms with Gasteiger partial charge in [-0.1, -0.05) is 48.2 Å². The highest BCUT2D eigenvalue weighted by Crippen LogP contribution is 2.29. The van der Waals surface area contributed by atoms with Crippen LogP contribution in [0.2, 0.25) is 0 Å². The molecule has 1 aliphatic rings. The van der Waals surface area contributed by atoms with Crippen LogP contribution >= 0.6 is 23.1 Å². The van der Waals surface area contributed by atoms with Gasteiger partial charge in [-0.25, -0.2) is 0 Å². The molecule has 1 fully saturated rings. The Labute approximate surface area is 173 Å². The minimum absolute atomic E-state index is 0.196. The van der Waals surface area contributed by atoms with Crippen molar-refractivity contribution in [1.82, 2.24) is 14.8 Å². The van der Waals surface area contributed by atoms with Gasteiger partial charge >= 0.3 is 0 Å². The second kappa shape index (κ2) is 9.49. The third-order valence-electron chi connectivity index (χ3n) is 4.74. The van der Waals surface area contributed by atoms with Crippen molar-refractivity contribution in [2.45, 2.75) is 43.5 Å². The van der Waals surface area contributed by atoms with E-state index in [1.54, 1.807) is 23.1 Å². The van der Waals surface area contributed by atoms with E-state index in [1.807, 2.05) is 36.4 Å². The number of thioether (sulfide) groups is 1. The Balaban J connectivity index is 1.39. The first kappa shape index (κ1) is 19.4. The molecule has 3 heterocycles. The monoisotopic (exact) mass is 413 g/mol. The van der Waals surface area contributed by atoms with Crippen LogP contribution in [-0.2, 0) is 11.3 Å². The first-order valence-electron chi connectivity index (χ1n) is 9.61. The SMILES string of the molecule is O=C(CCCSc1nnc(-c2cccs2)n1C[C@@H]1CCCO1)c1ccccc1. The maximum Gasteiger partial charge on any atom is 0.191 e. The van der Waals surface area contributed by atoms with E-state index in [9.17, 15) is 4.79 Å². The molecule has 0 radical (unpaired) electrons. The molecular formula is C21H23N3O2S2.